The lowest BCUT2D eigenvalue weighted by Gasteiger charge is -2.17. The number of nitrogens with two attached hydrogens (primary N) is 2. The zero-order chi connectivity index (χ0) is 16.3. The molecule has 0 amide bonds. The summed E-state index contributed by atoms with van der Waals surface area (Å²) < 4.78 is 7.61. The predicted molar refractivity (Wildman–Crippen MR) is 91.0 cm³/mol. The standard InChI is InChI=1S/C16H23ClN4O/c1-10(2)6-12(19)9-22-15-5-4-11(18)7-13(15)16-14(17)8-20-21(16)3/h4-5,7-8,10,12H,6,9,18-19H2,1-3H3/t12-/m0/s1. The Kier molecular flexibility index (Phi) is 5.32. The van der Waals surface area contributed by atoms with Crippen LogP contribution in [-0.2, 0) is 7.05 Å². The average molecular weight is 323 g/mol. The van der Waals surface area contributed by atoms with E-state index in [1.165, 1.54) is 0 Å². The third kappa shape index (κ3) is 3.93. The second kappa shape index (κ2) is 7.03. The number of benzene rings is 1. The van der Waals surface area contributed by atoms with Gasteiger partial charge in [0.1, 0.15) is 12.4 Å². The Hall–Kier alpha value is -1.72. The van der Waals surface area contributed by atoms with E-state index in [1.54, 1.807) is 16.9 Å². The van der Waals surface area contributed by atoms with E-state index < -0.39 is 0 Å². The Bertz CT molecular complexity index is 620. The van der Waals surface area contributed by atoms with Crippen molar-refractivity contribution < 1.29 is 4.74 Å². The van der Waals surface area contributed by atoms with E-state index >= 15 is 0 Å². The topological polar surface area (TPSA) is 79.1 Å². The van der Waals surface area contributed by atoms with Crippen LogP contribution in [0.2, 0.25) is 5.02 Å². The third-order valence-electron chi connectivity index (χ3n) is 3.38. The van der Waals surface area contributed by atoms with Gasteiger partial charge in [0, 0.05) is 24.3 Å². The molecular weight excluding hydrogens is 300 g/mol. The molecule has 0 aliphatic carbocycles. The molecule has 5 nitrogen and oxygen atoms in total. The fourth-order valence-corrected chi connectivity index (χ4v) is 2.71. The number of rotatable bonds is 6. The second-order valence-corrected chi connectivity index (χ2v) is 6.33. The minimum atomic E-state index is -0.00703. The molecule has 0 fully saturated rings. The Morgan fingerprint density at radius 1 is 1.36 bits per heavy atom. The molecule has 1 aromatic heterocycles. The molecular formula is C16H23ClN4O. The van der Waals surface area contributed by atoms with Crippen LogP contribution in [0, 0.1) is 5.92 Å². The summed E-state index contributed by atoms with van der Waals surface area (Å²) in [4.78, 5) is 0. The first kappa shape index (κ1) is 16.6. The van der Waals surface area contributed by atoms with Crippen LogP contribution in [-0.4, -0.2) is 22.4 Å². The summed E-state index contributed by atoms with van der Waals surface area (Å²) in [6.45, 7) is 4.73. The molecule has 0 unspecified atom stereocenters. The number of hydrogen-bond donors (Lipinski definition) is 2. The molecule has 1 heterocycles. The quantitative estimate of drug-likeness (QED) is 0.801. The monoisotopic (exact) mass is 322 g/mol. The largest absolute Gasteiger partial charge is 0.491 e. The zero-order valence-electron chi connectivity index (χ0n) is 13.2. The van der Waals surface area contributed by atoms with Crippen LogP contribution in [0.5, 0.6) is 5.75 Å². The van der Waals surface area contributed by atoms with Crippen molar-refractivity contribution in [2.75, 3.05) is 12.3 Å². The van der Waals surface area contributed by atoms with Gasteiger partial charge in [-0.15, -0.1) is 0 Å². The van der Waals surface area contributed by atoms with Gasteiger partial charge >= 0.3 is 0 Å². The molecule has 0 saturated carbocycles. The fourth-order valence-electron chi connectivity index (χ4n) is 2.44. The third-order valence-corrected chi connectivity index (χ3v) is 3.66. The maximum absolute atomic E-state index is 6.23. The Morgan fingerprint density at radius 2 is 2.09 bits per heavy atom. The highest BCUT2D eigenvalue weighted by atomic mass is 35.5. The van der Waals surface area contributed by atoms with Crippen LogP contribution in [0.3, 0.4) is 0 Å². The van der Waals surface area contributed by atoms with Crippen LogP contribution in [0.15, 0.2) is 24.4 Å². The maximum Gasteiger partial charge on any atom is 0.128 e. The molecule has 0 radical (unpaired) electrons. The van der Waals surface area contributed by atoms with Gasteiger partial charge in [-0.25, -0.2) is 0 Å². The highest BCUT2D eigenvalue weighted by Gasteiger charge is 2.16. The van der Waals surface area contributed by atoms with Crippen LogP contribution in [0.1, 0.15) is 20.3 Å². The van der Waals surface area contributed by atoms with Crippen LogP contribution in [0.25, 0.3) is 11.3 Å². The first-order valence-electron chi connectivity index (χ1n) is 7.34. The van der Waals surface area contributed by atoms with Crippen molar-refractivity contribution in [2.24, 2.45) is 18.7 Å². The van der Waals surface area contributed by atoms with Gasteiger partial charge in [-0.3, -0.25) is 4.68 Å². The van der Waals surface area contributed by atoms with Gasteiger partial charge in [0.2, 0.25) is 0 Å². The molecule has 0 bridgehead atoms. The Balaban J connectivity index is 2.26. The number of nitrogens with zero attached hydrogens (tertiary/aromatic N) is 2. The molecule has 120 valence electrons. The highest BCUT2D eigenvalue weighted by Crippen LogP contribution is 2.36. The summed E-state index contributed by atoms with van der Waals surface area (Å²) >= 11 is 6.23. The number of aryl methyl sites for hydroxylation is 1. The zero-order valence-corrected chi connectivity index (χ0v) is 14.0. The molecule has 6 heteroatoms. The van der Waals surface area contributed by atoms with Gasteiger partial charge in [-0.05, 0) is 30.5 Å². The average Bonchev–Trinajstić information content (AvgIpc) is 2.76. The molecule has 2 rings (SSSR count). The lowest BCUT2D eigenvalue weighted by molar-refractivity contribution is 0.272. The van der Waals surface area contributed by atoms with Crippen molar-refractivity contribution in [3.8, 4) is 17.0 Å². The van der Waals surface area contributed by atoms with E-state index in [9.17, 15) is 0 Å². The minimum absolute atomic E-state index is 0.00703. The molecule has 0 aliphatic heterocycles. The van der Waals surface area contributed by atoms with Gasteiger partial charge in [0.05, 0.1) is 16.9 Å². The minimum Gasteiger partial charge on any atom is -0.491 e. The summed E-state index contributed by atoms with van der Waals surface area (Å²) in [5.41, 5.74) is 14.2. The van der Waals surface area contributed by atoms with Gasteiger partial charge in [-0.1, -0.05) is 25.4 Å². The van der Waals surface area contributed by atoms with E-state index in [4.69, 9.17) is 27.8 Å². The number of anilines is 1. The lowest BCUT2D eigenvalue weighted by atomic mass is 10.1. The van der Waals surface area contributed by atoms with Gasteiger partial charge < -0.3 is 16.2 Å². The van der Waals surface area contributed by atoms with E-state index in [0.717, 1.165) is 17.7 Å². The Morgan fingerprint density at radius 3 is 2.68 bits per heavy atom. The molecule has 0 spiro atoms. The molecule has 0 aliphatic rings. The number of halogens is 1. The van der Waals surface area contributed by atoms with Crippen LogP contribution in [0.4, 0.5) is 5.69 Å². The summed E-state index contributed by atoms with van der Waals surface area (Å²) in [6.07, 6.45) is 2.52. The lowest BCUT2D eigenvalue weighted by Crippen LogP contribution is -2.29. The molecule has 0 saturated heterocycles. The number of ether oxygens (including phenoxy) is 1. The Labute approximate surface area is 136 Å². The maximum atomic E-state index is 6.23. The van der Waals surface area contributed by atoms with E-state index in [2.05, 4.69) is 18.9 Å². The smallest absolute Gasteiger partial charge is 0.128 e. The van der Waals surface area contributed by atoms with E-state index in [0.29, 0.717) is 29.0 Å². The van der Waals surface area contributed by atoms with Gasteiger partial charge in [-0.2, -0.15) is 5.10 Å². The van der Waals surface area contributed by atoms with Crippen molar-refractivity contribution in [2.45, 2.75) is 26.3 Å². The van der Waals surface area contributed by atoms with Crippen molar-refractivity contribution >= 4 is 17.3 Å². The van der Waals surface area contributed by atoms with E-state index in [-0.39, 0.29) is 6.04 Å². The number of aromatic nitrogens is 2. The predicted octanol–water partition coefficient (Wildman–Crippen LogP) is 3.07. The van der Waals surface area contributed by atoms with Gasteiger partial charge in [0.15, 0.2) is 0 Å². The molecule has 1 aromatic carbocycles. The van der Waals surface area contributed by atoms with Gasteiger partial charge in [0.25, 0.3) is 0 Å². The molecule has 4 N–H and O–H groups in total. The number of hydrogen-bond acceptors (Lipinski definition) is 4. The van der Waals surface area contributed by atoms with Crippen LogP contribution < -0.4 is 16.2 Å². The molecule has 1 atom stereocenters. The number of nitrogen functional groups attached to an aromatic ring is 1. The van der Waals surface area contributed by atoms with Crippen LogP contribution >= 0.6 is 11.6 Å². The van der Waals surface area contributed by atoms with Crippen molar-refractivity contribution in [1.82, 2.24) is 9.78 Å². The fraction of sp³-hybridized carbons (Fsp3) is 0.438. The SMILES string of the molecule is CC(C)C[C@H](N)COc1ccc(N)cc1-c1c(Cl)cnn1C. The first-order chi connectivity index (χ1) is 10.4. The first-order valence-corrected chi connectivity index (χ1v) is 7.72. The second-order valence-electron chi connectivity index (χ2n) is 5.92. The summed E-state index contributed by atoms with van der Waals surface area (Å²) in [5, 5.41) is 4.72. The van der Waals surface area contributed by atoms with E-state index in [1.807, 2.05) is 19.2 Å². The summed E-state index contributed by atoms with van der Waals surface area (Å²) in [6, 6.07) is 5.48. The highest BCUT2D eigenvalue weighted by molar-refractivity contribution is 6.33. The normalized spacial score (nSPS) is 12.6. The molecule has 22 heavy (non-hydrogen) atoms. The molecule has 2 aromatic rings. The van der Waals surface area contributed by atoms with Crippen molar-refractivity contribution in [3.63, 3.8) is 0 Å². The summed E-state index contributed by atoms with van der Waals surface area (Å²) in [5.74, 6) is 1.25. The van der Waals surface area contributed by atoms with Crippen molar-refractivity contribution in [1.29, 1.82) is 0 Å². The van der Waals surface area contributed by atoms with Crippen molar-refractivity contribution in [3.05, 3.63) is 29.4 Å². The summed E-state index contributed by atoms with van der Waals surface area (Å²) in [7, 11) is 1.83.